The van der Waals surface area contributed by atoms with Gasteiger partial charge in [0.25, 0.3) is 5.91 Å². The molecule has 4 nitrogen and oxygen atoms in total. The molecular formula is C17H14F3IN2O2. The molecule has 25 heavy (non-hydrogen) atoms. The molecule has 2 rings (SSSR count). The lowest BCUT2D eigenvalue weighted by Crippen LogP contribution is -2.45. The fourth-order valence-corrected chi connectivity index (χ4v) is 2.49. The van der Waals surface area contributed by atoms with Crippen LogP contribution in [0.2, 0.25) is 0 Å². The molecule has 0 saturated carbocycles. The van der Waals surface area contributed by atoms with E-state index >= 15 is 0 Å². The van der Waals surface area contributed by atoms with E-state index in [4.69, 9.17) is 5.73 Å². The Morgan fingerprint density at radius 1 is 1.04 bits per heavy atom. The van der Waals surface area contributed by atoms with Crippen LogP contribution in [0, 0.1) is 3.57 Å². The average Bonchev–Trinajstić information content (AvgIpc) is 2.55. The number of nitrogens with one attached hydrogen (secondary N) is 1. The van der Waals surface area contributed by atoms with Crippen LogP contribution in [0.15, 0.2) is 48.5 Å². The topological polar surface area (TPSA) is 72.2 Å². The first-order valence-electron chi connectivity index (χ1n) is 7.18. The minimum Gasteiger partial charge on any atom is -0.368 e. The highest BCUT2D eigenvalue weighted by atomic mass is 127. The summed E-state index contributed by atoms with van der Waals surface area (Å²) in [5, 5.41) is 2.46. The minimum absolute atomic E-state index is 0.0156. The molecule has 2 aromatic rings. The van der Waals surface area contributed by atoms with Crippen molar-refractivity contribution in [2.75, 3.05) is 0 Å². The number of nitrogens with two attached hydrogens (primary N) is 1. The molecule has 0 fully saturated rings. The standard InChI is InChI=1S/C17H14F3IN2O2/c18-17(19,20)12-5-3-11(4-6-12)16(25)23-14(15(22)24)9-10-1-7-13(21)8-2-10/h1-8,14H,9H2,(H2,22,24)(H,23,25)/t14-/m0/s1. The number of rotatable bonds is 5. The highest BCUT2D eigenvalue weighted by Crippen LogP contribution is 2.29. The zero-order valence-electron chi connectivity index (χ0n) is 12.8. The Morgan fingerprint density at radius 2 is 1.60 bits per heavy atom. The zero-order valence-corrected chi connectivity index (χ0v) is 15.0. The second-order valence-corrected chi connectivity index (χ2v) is 6.58. The van der Waals surface area contributed by atoms with Crippen molar-refractivity contribution in [3.63, 3.8) is 0 Å². The number of amides is 2. The van der Waals surface area contributed by atoms with Crippen molar-refractivity contribution in [3.05, 3.63) is 68.8 Å². The Morgan fingerprint density at radius 3 is 2.08 bits per heavy atom. The third-order valence-electron chi connectivity index (χ3n) is 3.48. The second kappa shape index (κ2) is 7.85. The van der Waals surface area contributed by atoms with Crippen LogP contribution in [-0.2, 0) is 17.4 Å². The summed E-state index contributed by atoms with van der Waals surface area (Å²) in [6.07, 6.45) is -4.28. The summed E-state index contributed by atoms with van der Waals surface area (Å²) in [4.78, 5) is 23.7. The fourth-order valence-electron chi connectivity index (χ4n) is 2.13. The molecule has 0 radical (unpaired) electrons. The van der Waals surface area contributed by atoms with Crippen molar-refractivity contribution in [3.8, 4) is 0 Å². The Labute approximate surface area is 155 Å². The molecule has 2 aromatic carbocycles. The molecule has 0 aliphatic rings. The first kappa shape index (κ1) is 19.2. The highest BCUT2D eigenvalue weighted by Gasteiger charge is 2.30. The van der Waals surface area contributed by atoms with Gasteiger partial charge in [-0.1, -0.05) is 12.1 Å². The normalized spacial score (nSPS) is 12.5. The maximum Gasteiger partial charge on any atom is 0.416 e. The lowest BCUT2D eigenvalue weighted by molar-refractivity contribution is -0.137. The van der Waals surface area contributed by atoms with Gasteiger partial charge in [-0.05, 0) is 64.6 Å². The molecular weight excluding hydrogens is 448 g/mol. The molecule has 2 amide bonds. The van der Waals surface area contributed by atoms with Crippen LogP contribution in [0.4, 0.5) is 13.2 Å². The van der Waals surface area contributed by atoms with E-state index in [0.29, 0.717) is 0 Å². The van der Waals surface area contributed by atoms with E-state index in [1.54, 1.807) is 0 Å². The molecule has 0 aliphatic carbocycles. The molecule has 132 valence electrons. The third-order valence-corrected chi connectivity index (χ3v) is 4.20. The summed E-state index contributed by atoms with van der Waals surface area (Å²) in [7, 11) is 0. The first-order valence-corrected chi connectivity index (χ1v) is 8.26. The number of benzene rings is 2. The quantitative estimate of drug-likeness (QED) is 0.671. The van der Waals surface area contributed by atoms with Crippen molar-refractivity contribution in [2.45, 2.75) is 18.6 Å². The van der Waals surface area contributed by atoms with Crippen molar-refractivity contribution in [1.82, 2.24) is 5.32 Å². The lowest BCUT2D eigenvalue weighted by atomic mass is 10.0. The molecule has 8 heteroatoms. The highest BCUT2D eigenvalue weighted by molar-refractivity contribution is 14.1. The maximum absolute atomic E-state index is 12.5. The summed E-state index contributed by atoms with van der Waals surface area (Å²) in [6, 6.07) is 10.1. The average molecular weight is 462 g/mol. The summed E-state index contributed by atoms with van der Waals surface area (Å²) in [5.41, 5.74) is 5.28. The van der Waals surface area contributed by atoms with Crippen LogP contribution >= 0.6 is 22.6 Å². The molecule has 0 aromatic heterocycles. The smallest absolute Gasteiger partial charge is 0.368 e. The molecule has 3 N–H and O–H groups in total. The number of carbonyl (C=O) groups excluding carboxylic acids is 2. The zero-order chi connectivity index (χ0) is 18.6. The van der Waals surface area contributed by atoms with Crippen LogP contribution < -0.4 is 11.1 Å². The predicted octanol–water partition coefficient (Wildman–Crippen LogP) is 3.14. The van der Waals surface area contributed by atoms with E-state index in [9.17, 15) is 22.8 Å². The first-order chi connectivity index (χ1) is 11.7. The van der Waals surface area contributed by atoms with E-state index in [-0.39, 0.29) is 12.0 Å². The number of primary amides is 1. The van der Waals surface area contributed by atoms with Crippen molar-refractivity contribution >= 4 is 34.4 Å². The number of carbonyl (C=O) groups is 2. The second-order valence-electron chi connectivity index (χ2n) is 5.33. The van der Waals surface area contributed by atoms with Gasteiger partial charge in [0.1, 0.15) is 6.04 Å². The van der Waals surface area contributed by atoms with Gasteiger partial charge in [0.2, 0.25) is 5.91 Å². The molecule has 0 bridgehead atoms. The van der Waals surface area contributed by atoms with Gasteiger partial charge in [-0.15, -0.1) is 0 Å². The van der Waals surface area contributed by atoms with E-state index < -0.39 is 29.6 Å². The SMILES string of the molecule is NC(=O)[C@H](Cc1ccc(I)cc1)NC(=O)c1ccc(C(F)(F)F)cc1. The number of hydrogen-bond acceptors (Lipinski definition) is 2. The van der Waals surface area contributed by atoms with Gasteiger partial charge in [-0.2, -0.15) is 13.2 Å². The molecule has 0 aliphatic heterocycles. The van der Waals surface area contributed by atoms with E-state index in [2.05, 4.69) is 27.9 Å². The van der Waals surface area contributed by atoms with Crippen molar-refractivity contribution in [1.29, 1.82) is 0 Å². The third kappa shape index (κ3) is 5.45. The van der Waals surface area contributed by atoms with Gasteiger partial charge < -0.3 is 11.1 Å². The number of alkyl halides is 3. The molecule has 0 unspecified atom stereocenters. The van der Waals surface area contributed by atoms with E-state index in [1.807, 2.05) is 24.3 Å². The molecule has 0 saturated heterocycles. The van der Waals surface area contributed by atoms with Crippen molar-refractivity contribution < 1.29 is 22.8 Å². The van der Waals surface area contributed by atoms with Gasteiger partial charge in [-0.3, -0.25) is 9.59 Å². The van der Waals surface area contributed by atoms with Crippen LogP contribution in [0.25, 0.3) is 0 Å². The Kier molecular flexibility index (Phi) is 6.04. The predicted molar refractivity (Wildman–Crippen MR) is 94.8 cm³/mol. The summed E-state index contributed by atoms with van der Waals surface area (Å²) < 4.78 is 38.7. The fraction of sp³-hybridized carbons (Fsp3) is 0.176. The Hall–Kier alpha value is -2.10. The van der Waals surface area contributed by atoms with Gasteiger partial charge in [0.05, 0.1) is 5.56 Å². The Balaban J connectivity index is 2.09. The van der Waals surface area contributed by atoms with Crippen LogP contribution in [-0.4, -0.2) is 17.9 Å². The van der Waals surface area contributed by atoms with E-state index in [0.717, 1.165) is 33.4 Å². The van der Waals surface area contributed by atoms with Crippen LogP contribution in [0.1, 0.15) is 21.5 Å². The summed E-state index contributed by atoms with van der Waals surface area (Å²) >= 11 is 2.14. The monoisotopic (exact) mass is 462 g/mol. The van der Waals surface area contributed by atoms with E-state index in [1.165, 1.54) is 0 Å². The van der Waals surface area contributed by atoms with Crippen molar-refractivity contribution in [2.24, 2.45) is 5.73 Å². The molecule has 0 heterocycles. The maximum atomic E-state index is 12.5. The van der Waals surface area contributed by atoms with Gasteiger partial charge in [-0.25, -0.2) is 0 Å². The van der Waals surface area contributed by atoms with Crippen LogP contribution in [0.5, 0.6) is 0 Å². The minimum atomic E-state index is -4.48. The largest absolute Gasteiger partial charge is 0.416 e. The summed E-state index contributed by atoms with van der Waals surface area (Å²) in [5.74, 6) is -1.39. The Bertz CT molecular complexity index is 759. The molecule has 0 spiro atoms. The number of hydrogen-bond donors (Lipinski definition) is 2. The summed E-state index contributed by atoms with van der Waals surface area (Å²) in [6.45, 7) is 0. The van der Waals surface area contributed by atoms with Gasteiger partial charge in [0.15, 0.2) is 0 Å². The lowest BCUT2D eigenvalue weighted by Gasteiger charge is -2.16. The van der Waals surface area contributed by atoms with Gasteiger partial charge >= 0.3 is 6.18 Å². The van der Waals surface area contributed by atoms with Gasteiger partial charge in [0, 0.05) is 15.6 Å². The number of halogens is 4. The molecule has 1 atom stereocenters. The van der Waals surface area contributed by atoms with Crippen LogP contribution in [0.3, 0.4) is 0 Å².